The van der Waals surface area contributed by atoms with Gasteiger partial charge in [-0.3, -0.25) is 14.6 Å². The molecule has 4 nitrogen and oxygen atoms in total. The second-order valence-corrected chi connectivity index (χ2v) is 4.91. The second-order valence-electron chi connectivity index (χ2n) is 4.91. The van der Waals surface area contributed by atoms with Gasteiger partial charge < -0.3 is 5.32 Å². The van der Waals surface area contributed by atoms with Gasteiger partial charge >= 0.3 is 0 Å². The van der Waals surface area contributed by atoms with Crippen LogP contribution in [-0.2, 0) is 16.0 Å². The van der Waals surface area contributed by atoms with Gasteiger partial charge in [0, 0.05) is 30.3 Å². The number of ketones is 1. The van der Waals surface area contributed by atoms with Crippen LogP contribution in [0.4, 0.5) is 0 Å². The molecule has 1 N–H and O–H groups in total. The zero-order valence-electron chi connectivity index (χ0n) is 10.5. The molecule has 92 valence electrons. The average Bonchev–Trinajstić information content (AvgIpc) is 2.28. The molecule has 0 atom stereocenters. The number of carbonyl (C=O) groups is 2. The van der Waals surface area contributed by atoms with Gasteiger partial charge in [-0.05, 0) is 12.1 Å². The lowest BCUT2D eigenvalue weighted by molar-refractivity contribution is -0.142. The van der Waals surface area contributed by atoms with Crippen molar-refractivity contribution in [3.63, 3.8) is 0 Å². The summed E-state index contributed by atoms with van der Waals surface area (Å²) in [5, 5.41) is 2.61. The lowest BCUT2D eigenvalue weighted by Gasteiger charge is -2.15. The largest absolute Gasteiger partial charge is 0.349 e. The zero-order chi connectivity index (χ0) is 12.9. The van der Waals surface area contributed by atoms with Crippen molar-refractivity contribution < 1.29 is 9.59 Å². The smallest absolute Gasteiger partial charge is 0.287 e. The van der Waals surface area contributed by atoms with Gasteiger partial charge in [-0.1, -0.05) is 26.8 Å². The monoisotopic (exact) mass is 234 g/mol. The Morgan fingerprint density at radius 2 is 2.00 bits per heavy atom. The van der Waals surface area contributed by atoms with Crippen LogP contribution in [0.15, 0.2) is 24.4 Å². The number of aromatic nitrogens is 1. The second kappa shape index (κ2) is 5.57. The molecule has 4 heteroatoms. The van der Waals surface area contributed by atoms with E-state index in [2.05, 4.69) is 10.3 Å². The van der Waals surface area contributed by atoms with Crippen LogP contribution in [0.25, 0.3) is 0 Å². The fourth-order valence-electron chi connectivity index (χ4n) is 1.27. The molecule has 0 spiro atoms. The molecule has 1 aromatic heterocycles. The molecule has 0 fully saturated rings. The van der Waals surface area contributed by atoms with Crippen LogP contribution in [0.2, 0.25) is 0 Å². The average molecular weight is 234 g/mol. The molecule has 0 aromatic carbocycles. The molecule has 0 saturated heterocycles. The van der Waals surface area contributed by atoms with Crippen molar-refractivity contribution >= 4 is 11.7 Å². The van der Waals surface area contributed by atoms with Crippen LogP contribution in [0, 0.1) is 5.41 Å². The quantitative estimate of drug-likeness (QED) is 0.800. The van der Waals surface area contributed by atoms with Crippen LogP contribution in [-0.4, -0.2) is 23.2 Å². The molecule has 0 aliphatic carbocycles. The number of hydrogen-bond donors (Lipinski definition) is 1. The number of pyridine rings is 1. The molecule has 1 amide bonds. The summed E-state index contributed by atoms with van der Waals surface area (Å²) in [5.74, 6) is -0.910. The molecule has 0 radical (unpaired) electrons. The van der Waals surface area contributed by atoms with Crippen LogP contribution >= 0.6 is 0 Å². The molecular formula is C13H18N2O2. The summed E-state index contributed by atoms with van der Waals surface area (Å²) in [4.78, 5) is 27.2. The van der Waals surface area contributed by atoms with E-state index in [0.29, 0.717) is 13.0 Å². The summed E-state index contributed by atoms with van der Waals surface area (Å²) < 4.78 is 0. The maximum Gasteiger partial charge on any atom is 0.287 e. The van der Waals surface area contributed by atoms with Crippen molar-refractivity contribution in [3.8, 4) is 0 Å². The van der Waals surface area contributed by atoms with Gasteiger partial charge in [0.1, 0.15) is 0 Å². The molecule has 0 aliphatic rings. The first-order valence-corrected chi connectivity index (χ1v) is 5.64. The van der Waals surface area contributed by atoms with Crippen LogP contribution in [0.5, 0.6) is 0 Å². The van der Waals surface area contributed by atoms with E-state index in [1.807, 2.05) is 18.2 Å². The van der Waals surface area contributed by atoms with Crippen LogP contribution in [0.1, 0.15) is 26.5 Å². The van der Waals surface area contributed by atoms with Gasteiger partial charge in [0.2, 0.25) is 5.78 Å². The minimum atomic E-state index is -0.630. The maximum atomic E-state index is 11.6. The highest BCUT2D eigenvalue weighted by Gasteiger charge is 2.27. The third kappa shape index (κ3) is 4.34. The van der Waals surface area contributed by atoms with Crippen LogP contribution in [0.3, 0.4) is 0 Å². The molecule has 0 bridgehead atoms. The van der Waals surface area contributed by atoms with Gasteiger partial charge in [0.25, 0.3) is 5.91 Å². The minimum absolute atomic E-state index is 0.390. The number of rotatable bonds is 4. The summed E-state index contributed by atoms with van der Waals surface area (Å²) in [5.41, 5.74) is 0.269. The lowest BCUT2D eigenvalue weighted by atomic mass is 9.90. The van der Waals surface area contributed by atoms with E-state index in [1.165, 1.54) is 0 Å². The topological polar surface area (TPSA) is 59.1 Å². The first-order valence-electron chi connectivity index (χ1n) is 5.64. The van der Waals surface area contributed by atoms with E-state index in [9.17, 15) is 9.59 Å². The molecule has 1 rings (SSSR count). The number of hydrogen-bond acceptors (Lipinski definition) is 3. The maximum absolute atomic E-state index is 11.6. The number of nitrogens with zero attached hydrogens (tertiary/aromatic N) is 1. The van der Waals surface area contributed by atoms with Crippen molar-refractivity contribution in [3.05, 3.63) is 30.1 Å². The fourth-order valence-corrected chi connectivity index (χ4v) is 1.27. The summed E-state index contributed by atoms with van der Waals surface area (Å²) in [6.07, 6.45) is 2.33. The van der Waals surface area contributed by atoms with E-state index in [-0.39, 0.29) is 0 Å². The van der Waals surface area contributed by atoms with Crippen molar-refractivity contribution in [2.75, 3.05) is 6.54 Å². The molecule has 0 unspecified atom stereocenters. The number of Topliss-reactive ketones (excluding diaryl/α,β-unsaturated/α-hetero) is 1. The number of amides is 1. The van der Waals surface area contributed by atoms with Crippen molar-refractivity contribution in [2.45, 2.75) is 27.2 Å². The normalized spacial score (nSPS) is 11.0. The standard InChI is InChI=1S/C13H18N2O2/c1-13(2,3)11(16)12(17)15-9-7-10-6-4-5-8-14-10/h4-6,8H,7,9H2,1-3H3,(H,15,17). The summed E-state index contributed by atoms with van der Waals surface area (Å²) >= 11 is 0. The fraction of sp³-hybridized carbons (Fsp3) is 0.462. The first kappa shape index (κ1) is 13.4. The van der Waals surface area contributed by atoms with Crippen molar-refractivity contribution in [2.24, 2.45) is 5.41 Å². The third-order valence-electron chi connectivity index (χ3n) is 2.28. The Morgan fingerprint density at radius 1 is 1.29 bits per heavy atom. The highest BCUT2D eigenvalue weighted by molar-refractivity contribution is 6.37. The molecule has 1 aromatic rings. The number of nitrogens with one attached hydrogen (secondary N) is 1. The zero-order valence-corrected chi connectivity index (χ0v) is 10.5. The van der Waals surface area contributed by atoms with Crippen molar-refractivity contribution in [1.82, 2.24) is 10.3 Å². The van der Waals surface area contributed by atoms with Gasteiger partial charge in [0.05, 0.1) is 0 Å². The predicted molar refractivity (Wildman–Crippen MR) is 65.4 cm³/mol. The van der Waals surface area contributed by atoms with E-state index in [0.717, 1.165) is 5.69 Å². The molecule has 1 heterocycles. The van der Waals surface area contributed by atoms with Gasteiger partial charge in [-0.15, -0.1) is 0 Å². The Labute approximate surface area is 101 Å². The van der Waals surface area contributed by atoms with Crippen LogP contribution < -0.4 is 5.32 Å². The van der Waals surface area contributed by atoms with E-state index in [4.69, 9.17) is 0 Å². The predicted octanol–water partition coefficient (Wildman–Crippen LogP) is 1.36. The minimum Gasteiger partial charge on any atom is -0.349 e. The van der Waals surface area contributed by atoms with Gasteiger partial charge in [0.15, 0.2) is 0 Å². The lowest BCUT2D eigenvalue weighted by Crippen LogP contribution is -2.39. The summed E-state index contributed by atoms with van der Waals surface area (Å²) in [6, 6.07) is 5.62. The van der Waals surface area contributed by atoms with Crippen molar-refractivity contribution in [1.29, 1.82) is 0 Å². The summed E-state index contributed by atoms with van der Waals surface area (Å²) in [6.45, 7) is 5.62. The SMILES string of the molecule is CC(C)(C)C(=O)C(=O)NCCc1ccccn1. The Hall–Kier alpha value is -1.71. The Morgan fingerprint density at radius 3 is 2.53 bits per heavy atom. The van der Waals surface area contributed by atoms with E-state index < -0.39 is 17.1 Å². The highest BCUT2D eigenvalue weighted by Crippen LogP contribution is 2.14. The molecular weight excluding hydrogens is 216 g/mol. The molecule has 0 aliphatic heterocycles. The van der Waals surface area contributed by atoms with E-state index >= 15 is 0 Å². The molecule has 0 saturated carbocycles. The Balaban J connectivity index is 2.38. The highest BCUT2D eigenvalue weighted by atomic mass is 16.2. The summed E-state index contributed by atoms with van der Waals surface area (Å²) in [7, 11) is 0. The molecule has 17 heavy (non-hydrogen) atoms. The number of carbonyl (C=O) groups excluding carboxylic acids is 2. The van der Waals surface area contributed by atoms with E-state index in [1.54, 1.807) is 27.0 Å². The Bertz CT molecular complexity index is 394. The third-order valence-corrected chi connectivity index (χ3v) is 2.28. The Kier molecular flexibility index (Phi) is 4.37. The first-order chi connectivity index (χ1) is 7.91. The van der Waals surface area contributed by atoms with Gasteiger partial charge in [-0.2, -0.15) is 0 Å². The van der Waals surface area contributed by atoms with Gasteiger partial charge in [-0.25, -0.2) is 0 Å².